The van der Waals surface area contributed by atoms with E-state index >= 15 is 0 Å². The zero-order chi connectivity index (χ0) is 19.1. The van der Waals surface area contributed by atoms with E-state index in [2.05, 4.69) is 5.32 Å². The smallest absolute Gasteiger partial charge is 0.340 e. The molecule has 0 aliphatic carbocycles. The number of nitro benzene ring substituents is 1. The molecule has 0 aliphatic rings. The number of rotatable bonds is 7. The lowest BCUT2D eigenvalue weighted by atomic mass is 10.0. The summed E-state index contributed by atoms with van der Waals surface area (Å²) in [5.41, 5.74) is 0.810. The molecular formula is C18H17ClN2O5. The molecule has 1 amide bonds. The van der Waals surface area contributed by atoms with Crippen LogP contribution in [-0.2, 0) is 9.53 Å². The molecule has 0 radical (unpaired) electrons. The lowest BCUT2D eigenvalue weighted by Gasteiger charge is -2.13. The number of amides is 1. The first-order chi connectivity index (χ1) is 12.4. The second kappa shape index (κ2) is 8.96. The van der Waals surface area contributed by atoms with Crippen molar-refractivity contribution < 1.29 is 19.2 Å². The number of nitrogens with one attached hydrogen (secondary N) is 1. The highest BCUT2D eigenvalue weighted by molar-refractivity contribution is 6.33. The Morgan fingerprint density at radius 3 is 2.54 bits per heavy atom. The number of carbonyl (C=O) groups is 2. The largest absolute Gasteiger partial charge is 0.452 e. The monoisotopic (exact) mass is 376 g/mol. The number of nitrogens with zero attached hydrogens (tertiary/aromatic N) is 1. The normalized spacial score (nSPS) is 11.5. The quantitative estimate of drug-likeness (QED) is 0.454. The summed E-state index contributed by atoms with van der Waals surface area (Å²) in [6.45, 7) is 1.91. The molecule has 1 atom stereocenters. The van der Waals surface area contributed by atoms with E-state index in [1.807, 2.05) is 37.3 Å². The van der Waals surface area contributed by atoms with Crippen molar-refractivity contribution in [1.82, 2.24) is 5.32 Å². The summed E-state index contributed by atoms with van der Waals surface area (Å²) in [5, 5.41) is 13.2. The van der Waals surface area contributed by atoms with Crippen LogP contribution in [0.25, 0.3) is 0 Å². The molecule has 26 heavy (non-hydrogen) atoms. The first-order valence-corrected chi connectivity index (χ1v) is 8.19. The van der Waals surface area contributed by atoms with Crippen LogP contribution >= 0.6 is 11.6 Å². The van der Waals surface area contributed by atoms with Crippen LogP contribution in [0.2, 0.25) is 5.02 Å². The molecule has 0 fully saturated rings. The fourth-order valence-corrected chi connectivity index (χ4v) is 2.46. The average molecular weight is 377 g/mol. The van der Waals surface area contributed by atoms with Crippen molar-refractivity contribution in [3.05, 3.63) is 74.8 Å². The number of non-ortho nitro benzene ring substituents is 1. The van der Waals surface area contributed by atoms with Gasteiger partial charge in [0, 0.05) is 18.7 Å². The zero-order valence-electron chi connectivity index (χ0n) is 14.0. The molecule has 0 heterocycles. The van der Waals surface area contributed by atoms with Gasteiger partial charge in [0.2, 0.25) is 0 Å². The summed E-state index contributed by atoms with van der Waals surface area (Å²) in [6.07, 6.45) is 0. The van der Waals surface area contributed by atoms with Crippen molar-refractivity contribution in [3.8, 4) is 0 Å². The maximum absolute atomic E-state index is 12.0. The Labute approximate surface area is 155 Å². The van der Waals surface area contributed by atoms with Crippen LogP contribution in [0, 0.1) is 10.1 Å². The summed E-state index contributed by atoms with van der Waals surface area (Å²) in [5.74, 6) is -1.16. The van der Waals surface area contributed by atoms with Gasteiger partial charge in [-0.05, 0) is 17.5 Å². The molecule has 136 valence electrons. The van der Waals surface area contributed by atoms with Crippen LogP contribution in [0.4, 0.5) is 5.69 Å². The van der Waals surface area contributed by atoms with Gasteiger partial charge in [0.25, 0.3) is 11.6 Å². The molecule has 0 saturated carbocycles. The van der Waals surface area contributed by atoms with E-state index in [1.165, 1.54) is 6.07 Å². The summed E-state index contributed by atoms with van der Waals surface area (Å²) >= 11 is 5.85. The highest BCUT2D eigenvalue weighted by atomic mass is 35.5. The summed E-state index contributed by atoms with van der Waals surface area (Å²) in [6, 6.07) is 13.1. The first kappa shape index (κ1) is 19.4. The van der Waals surface area contributed by atoms with E-state index in [9.17, 15) is 19.7 Å². The number of esters is 1. The highest BCUT2D eigenvalue weighted by Crippen LogP contribution is 2.23. The van der Waals surface area contributed by atoms with Crippen molar-refractivity contribution in [2.24, 2.45) is 0 Å². The van der Waals surface area contributed by atoms with Crippen LogP contribution in [-0.4, -0.2) is 30.0 Å². The van der Waals surface area contributed by atoms with Crippen LogP contribution in [0.5, 0.6) is 0 Å². The van der Waals surface area contributed by atoms with Crippen LogP contribution in [0.3, 0.4) is 0 Å². The number of hydrogen-bond acceptors (Lipinski definition) is 5. The molecule has 0 aromatic heterocycles. The number of ether oxygens (including phenoxy) is 1. The van der Waals surface area contributed by atoms with E-state index in [1.54, 1.807) is 0 Å². The van der Waals surface area contributed by atoms with Gasteiger partial charge in [0.1, 0.15) is 0 Å². The van der Waals surface area contributed by atoms with Crippen molar-refractivity contribution in [1.29, 1.82) is 0 Å². The van der Waals surface area contributed by atoms with Gasteiger partial charge in [0.05, 0.1) is 15.5 Å². The average Bonchev–Trinajstić information content (AvgIpc) is 2.64. The van der Waals surface area contributed by atoms with Gasteiger partial charge in [-0.25, -0.2) is 4.79 Å². The van der Waals surface area contributed by atoms with Gasteiger partial charge in [-0.15, -0.1) is 0 Å². The second-order valence-electron chi connectivity index (χ2n) is 5.61. The maximum Gasteiger partial charge on any atom is 0.340 e. The van der Waals surface area contributed by atoms with E-state index in [0.29, 0.717) is 6.54 Å². The van der Waals surface area contributed by atoms with Crippen molar-refractivity contribution >= 4 is 29.2 Å². The lowest BCUT2D eigenvalue weighted by Crippen LogP contribution is -2.31. The minimum Gasteiger partial charge on any atom is -0.452 e. The van der Waals surface area contributed by atoms with Crippen molar-refractivity contribution in [2.45, 2.75) is 12.8 Å². The molecule has 1 N–H and O–H groups in total. The molecule has 2 aromatic carbocycles. The molecule has 2 rings (SSSR count). The van der Waals surface area contributed by atoms with E-state index in [-0.39, 0.29) is 22.2 Å². The van der Waals surface area contributed by atoms with Crippen molar-refractivity contribution in [3.63, 3.8) is 0 Å². The first-order valence-electron chi connectivity index (χ1n) is 7.81. The standard InChI is InChI=1S/C18H17ClN2O5/c1-12(13-5-3-2-4-6-13)10-20-17(22)11-26-18(23)15-8-7-14(21(24)25)9-16(15)19/h2-9,12H,10-11H2,1H3,(H,20,22)/t12-/m1/s1. The predicted molar refractivity (Wildman–Crippen MR) is 96.3 cm³/mol. The third-order valence-corrected chi connectivity index (χ3v) is 4.00. The zero-order valence-corrected chi connectivity index (χ0v) is 14.7. The molecule has 0 unspecified atom stereocenters. The Bertz CT molecular complexity index is 810. The van der Waals surface area contributed by atoms with Gasteiger partial charge in [-0.1, -0.05) is 48.9 Å². The molecule has 0 bridgehead atoms. The number of hydrogen-bond donors (Lipinski definition) is 1. The van der Waals surface area contributed by atoms with Crippen LogP contribution in [0.15, 0.2) is 48.5 Å². The Morgan fingerprint density at radius 2 is 1.92 bits per heavy atom. The van der Waals surface area contributed by atoms with Gasteiger partial charge < -0.3 is 10.1 Å². The predicted octanol–water partition coefficient (Wildman–Crippen LogP) is 3.32. The third kappa shape index (κ3) is 5.29. The molecular weight excluding hydrogens is 360 g/mol. The number of benzene rings is 2. The molecule has 2 aromatic rings. The van der Waals surface area contributed by atoms with Gasteiger partial charge >= 0.3 is 5.97 Å². The van der Waals surface area contributed by atoms with E-state index in [4.69, 9.17) is 16.3 Å². The minimum absolute atomic E-state index is 0.0391. The van der Waals surface area contributed by atoms with Crippen molar-refractivity contribution in [2.75, 3.05) is 13.2 Å². The van der Waals surface area contributed by atoms with E-state index < -0.39 is 23.4 Å². The topological polar surface area (TPSA) is 98.5 Å². The Morgan fingerprint density at radius 1 is 1.23 bits per heavy atom. The Hall–Kier alpha value is -2.93. The fraction of sp³-hybridized carbons (Fsp3) is 0.222. The SMILES string of the molecule is C[C@H](CNC(=O)COC(=O)c1ccc([N+](=O)[O-])cc1Cl)c1ccccc1. The molecule has 8 heteroatoms. The Kier molecular flexibility index (Phi) is 6.68. The molecule has 0 saturated heterocycles. The third-order valence-electron chi connectivity index (χ3n) is 3.69. The number of carbonyl (C=O) groups excluding carboxylic acids is 2. The summed E-state index contributed by atoms with van der Waals surface area (Å²) in [7, 11) is 0. The lowest BCUT2D eigenvalue weighted by molar-refractivity contribution is -0.384. The molecule has 0 aliphatic heterocycles. The highest BCUT2D eigenvalue weighted by Gasteiger charge is 2.17. The molecule has 0 spiro atoms. The van der Waals surface area contributed by atoms with Crippen LogP contribution < -0.4 is 5.32 Å². The number of halogens is 1. The van der Waals surface area contributed by atoms with Gasteiger partial charge in [-0.2, -0.15) is 0 Å². The number of nitro groups is 1. The fourth-order valence-electron chi connectivity index (χ4n) is 2.21. The molecule has 7 nitrogen and oxygen atoms in total. The second-order valence-corrected chi connectivity index (χ2v) is 6.02. The minimum atomic E-state index is -0.823. The van der Waals surface area contributed by atoms with E-state index in [0.717, 1.165) is 17.7 Å². The van der Waals surface area contributed by atoms with Crippen LogP contribution in [0.1, 0.15) is 28.8 Å². The Balaban J connectivity index is 1.83. The van der Waals surface area contributed by atoms with Gasteiger partial charge in [0.15, 0.2) is 6.61 Å². The summed E-state index contributed by atoms with van der Waals surface area (Å²) in [4.78, 5) is 33.8. The van der Waals surface area contributed by atoms with Gasteiger partial charge in [-0.3, -0.25) is 14.9 Å². The summed E-state index contributed by atoms with van der Waals surface area (Å²) < 4.78 is 4.90. The maximum atomic E-state index is 12.0.